The number of hydrogen-bond acceptors (Lipinski definition) is 0. The first-order valence-corrected chi connectivity index (χ1v) is 5.14. The van der Waals surface area contributed by atoms with Gasteiger partial charge in [-0.3, -0.25) is 0 Å². The van der Waals surface area contributed by atoms with E-state index in [9.17, 15) is 0 Å². The zero-order valence-electron chi connectivity index (χ0n) is 8.23. The van der Waals surface area contributed by atoms with E-state index in [1.165, 1.54) is 38.5 Å². The maximum absolute atomic E-state index is 3.98. The Labute approximate surface area is 72.4 Å². The van der Waals surface area contributed by atoms with Crippen LogP contribution in [0.2, 0.25) is 0 Å². The summed E-state index contributed by atoms with van der Waals surface area (Å²) in [4.78, 5) is 0. The summed E-state index contributed by atoms with van der Waals surface area (Å²) < 4.78 is 0. The lowest BCUT2D eigenvalue weighted by molar-refractivity contribution is 0.427. The van der Waals surface area contributed by atoms with Gasteiger partial charge in [0.2, 0.25) is 0 Å². The Balaban J connectivity index is 3.20. The number of rotatable bonds is 7. The minimum atomic E-state index is 0.909. The first-order valence-electron chi connectivity index (χ1n) is 5.14. The third-order valence-electron chi connectivity index (χ3n) is 2.32. The van der Waals surface area contributed by atoms with Crippen LogP contribution in [0.5, 0.6) is 0 Å². The molecule has 0 aromatic carbocycles. The van der Waals surface area contributed by atoms with Crippen LogP contribution in [-0.4, -0.2) is 0 Å². The van der Waals surface area contributed by atoms with Crippen molar-refractivity contribution in [3.63, 3.8) is 0 Å². The van der Waals surface area contributed by atoms with Crippen molar-refractivity contribution < 1.29 is 0 Å². The lowest BCUT2D eigenvalue weighted by Gasteiger charge is -2.09. The van der Waals surface area contributed by atoms with Crippen LogP contribution in [0.3, 0.4) is 0 Å². The molecule has 0 heterocycles. The summed E-state index contributed by atoms with van der Waals surface area (Å²) in [6, 6.07) is 0. The standard InChI is InChI=1S/C11H23/c1-4-7-8-10-11(6-3)9-5-2/h11H,3-10H2,1-2H3/q+1. The van der Waals surface area contributed by atoms with Crippen LogP contribution in [-0.2, 0) is 0 Å². The second kappa shape index (κ2) is 7.97. The van der Waals surface area contributed by atoms with Gasteiger partial charge >= 0.3 is 0 Å². The summed E-state index contributed by atoms with van der Waals surface area (Å²) in [7, 11) is 0. The van der Waals surface area contributed by atoms with E-state index in [2.05, 4.69) is 20.8 Å². The molecule has 1 unspecified atom stereocenters. The van der Waals surface area contributed by atoms with Gasteiger partial charge in [-0.25, -0.2) is 0 Å². The first-order chi connectivity index (χ1) is 5.35. The van der Waals surface area contributed by atoms with Crippen LogP contribution >= 0.6 is 0 Å². The lowest BCUT2D eigenvalue weighted by atomic mass is 9.94. The van der Waals surface area contributed by atoms with Gasteiger partial charge in [0, 0.05) is 0 Å². The maximum atomic E-state index is 3.98. The van der Waals surface area contributed by atoms with Crippen LogP contribution in [0.4, 0.5) is 0 Å². The third-order valence-corrected chi connectivity index (χ3v) is 2.32. The van der Waals surface area contributed by atoms with Crippen molar-refractivity contribution >= 4 is 0 Å². The largest absolute Gasteiger partial charge is 0.0878 e. The molecule has 0 radical (unpaired) electrons. The summed E-state index contributed by atoms with van der Waals surface area (Å²) in [6.07, 6.45) is 9.41. The molecule has 0 saturated heterocycles. The molecule has 1 atom stereocenters. The molecule has 0 nitrogen and oxygen atoms in total. The highest BCUT2D eigenvalue weighted by Gasteiger charge is 2.06. The molecule has 0 aromatic rings. The summed E-state index contributed by atoms with van der Waals surface area (Å²) in [5.41, 5.74) is 0. The molecular formula is C11H23+. The molecule has 0 rings (SSSR count). The molecular weight excluding hydrogens is 132 g/mol. The van der Waals surface area contributed by atoms with Crippen molar-refractivity contribution in [2.45, 2.75) is 58.8 Å². The van der Waals surface area contributed by atoms with E-state index in [1.54, 1.807) is 0 Å². The summed E-state index contributed by atoms with van der Waals surface area (Å²) >= 11 is 0. The SMILES string of the molecule is [CH2+]CC(CCC)CCCCC. The predicted octanol–water partition coefficient (Wildman–Crippen LogP) is 4.21. The smallest absolute Gasteiger partial charge is 0.0654 e. The van der Waals surface area contributed by atoms with E-state index < -0.39 is 0 Å². The van der Waals surface area contributed by atoms with Crippen LogP contribution in [0.1, 0.15) is 58.8 Å². The van der Waals surface area contributed by atoms with Gasteiger partial charge in [-0.15, -0.1) is 0 Å². The normalized spacial score (nSPS) is 13.3. The molecule has 0 aromatic heterocycles. The van der Waals surface area contributed by atoms with Crippen molar-refractivity contribution in [3.8, 4) is 0 Å². The average Bonchev–Trinajstić information content (AvgIpc) is 2.03. The van der Waals surface area contributed by atoms with Gasteiger partial charge in [0.25, 0.3) is 0 Å². The molecule has 66 valence electrons. The summed E-state index contributed by atoms with van der Waals surface area (Å²) in [6.45, 7) is 8.51. The molecule has 0 fully saturated rings. The van der Waals surface area contributed by atoms with E-state index >= 15 is 0 Å². The van der Waals surface area contributed by atoms with E-state index in [0.717, 1.165) is 12.3 Å². The van der Waals surface area contributed by atoms with Crippen molar-refractivity contribution in [3.05, 3.63) is 6.92 Å². The minimum absolute atomic E-state index is 0.909. The van der Waals surface area contributed by atoms with Gasteiger partial charge < -0.3 is 0 Å². The number of hydrogen-bond donors (Lipinski definition) is 0. The highest BCUT2D eigenvalue weighted by atomic mass is 14.1. The molecule has 0 heteroatoms. The fourth-order valence-corrected chi connectivity index (χ4v) is 1.52. The van der Waals surface area contributed by atoms with E-state index in [1.807, 2.05) is 0 Å². The predicted molar refractivity (Wildman–Crippen MR) is 52.5 cm³/mol. The van der Waals surface area contributed by atoms with Gasteiger partial charge in [-0.2, -0.15) is 0 Å². The van der Waals surface area contributed by atoms with E-state index in [0.29, 0.717) is 0 Å². The molecule has 0 amide bonds. The molecule has 11 heavy (non-hydrogen) atoms. The quantitative estimate of drug-likeness (QED) is 0.381. The second-order valence-electron chi connectivity index (χ2n) is 3.44. The fraction of sp³-hybridized carbons (Fsp3) is 0.909. The second-order valence-corrected chi connectivity index (χ2v) is 3.44. The van der Waals surface area contributed by atoms with E-state index in [4.69, 9.17) is 0 Å². The minimum Gasteiger partial charge on any atom is -0.0654 e. The molecule has 0 aliphatic rings. The zero-order chi connectivity index (χ0) is 8.53. The van der Waals surface area contributed by atoms with Crippen LogP contribution in [0.25, 0.3) is 0 Å². The van der Waals surface area contributed by atoms with Crippen LogP contribution < -0.4 is 0 Å². The maximum Gasteiger partial charge on any atom is 0.0878 e. The van der Waals surface area contributed by atoms with Gasteiger partial charge in [-0.05, 0) is 18.8 Å². The van der Waals surface area contributed by atoms with Crippen molar-refractivity contribution in [1.82, 2.24) is 0 Å². The Morgan fingerprint density at radius 3 is 2.18 bits per heavy atom. The Bertz CT molecular complexity index is 66.4. The first kappa shape index (κ1) is 10.9. The van der Waals surface area contributed by atoms with E-state index in [-0.39, 0.29) is 0 Å². The average molecular weight is 155 g/mol. The fourth-order valence-electron chi connectivity index (χ4n) is 1.52. The molecule has 0 aliphatic carbocycles. The van der Waals surface area contributed by atoms with Crippen molar-refractivity contribution in [1.29, 1.82) is 0 Å². The van der Waals surface area contributed by atoms with Crippen molar-refractivity contribution in [2.24, 2.45) is 5.92 Å². The highest BCUT2D eigenvalue weighted by molar-refractivity contribution is 4.59. The Kier molecular flexibility index (Phi) is 7.88. The van der Waals surface area contributed by atoms with Gasteiger partial charge in [0.15, 0.2) is 0 Å². The van der Waals surface area contributed by atoms with Crippen molar-refractivity contribution in [2.75, 3.05) is 0 Å². The molecule has 0 N–H and O–H groups in total. The van der Waals surface area contributed by atoms with Gasteiger partial charge in [-0.1, -0.05) is 39.5 Å². The summed E-state index contributed by atoms with van der Waals surface area (Å²) in [5, 5.41) is 0. The van der Waals surface area contributed by atoms with Gasteiger partial charge in [0.05, 0.1) is 13.3 Å². The summed E-state index contributed by atoms with van der Waals surface area (Å²) in [5.74, 6) is 0.909. The zero-order valence-corrected chi connectivity index (χ0v) is 8.23. The molecule has 0 saturated carbocycles. The lowest BCUT2D eigenvalue weighted by Crippen LogP contribution is -1.97. The third kappa shape index (κ3) is 6.28. The topological polar surface area (TPSA) is 0 Å². The Hall–Kier alpha value is -0.130. The Morgan fingerprint density at radius 2 is 1.73 bits per heavy atom. The van der Waals surface area contributed by atoms with Crippen LogP contribution in [0.15, 0.2) is 0 Å². The highest BCUT2D eigenvalue weighted by Crippen LogP contribution is 2.18. The molecule has 0 spiro atoms. The molecule has 0 aliphatic heterocycles. The molecule has 0 bridgehead atoms. The monoisotopic (exact) mass is 155 g/mol. The van der Waals surface area contributed by atoms with Gasteiger partial charge in [0.1, 0.15) is 0 Å². The Morgan fingerprint density at radius 1 is 1.00 bits per heavy atom. The van der Waals surface area contributed by atoms with Crippen LogP contribution in [0, 0.1) is 12.8 Å². The number of unbranched alkanes of at least 4 members (excludes halogenated alkanes) is 2.